The summed E-state index contributed by atoms with van der Waals surface area (Å²) in [6.45, 7) is 2.02. The summed E-state index contributed by atoms with van der Waals surface area (Å²) in [6.07, 6.45) is 10.6. The van der Waals surface area contributed by atoms with Gasteiger partial charge < -0.3 is 15.9 Å². The van der Waals surface area contributed by atoms with Crippen molar-refractivity contribution in [3.05, 3.63) is 21.9 Å². The van der Waals surface area contributed by atoms with E-state index in [1.165, 1.54) is 56.3 Å². The lowest BCUT2D eigenvalue weighted by Crippen LogP contribution is -2.31. The van der Waals surface area contributed by atoms with Crippen molar-refractivity contribution >= 4 is 11.3 Å². The SMILES string of the molecule is CCCCCCCCCCC#Cc1csc(C(O)[C@@H](N)CO)c1. The molecule has 2 atom stereocenters. The molecule has 0 aliphatic heterocycles. The van der Waals surface area contributed by atoms with Gasteiger partial charge in [0.05, 0.1) is 12.6 Å². The average Bonchev–Trinajstić information content (AvgIpc) is 3.04. The molecule has 0 aliphatic carbocycles. The van der Waals surface area contributed by atoms with E-state index in [0.717, 1.165) is 23.3 Å². The van der Waals surface area contributed by atoms with E-state index in [1.54, 1.807) is 0 Å². The molecular formula is C19H31NO2S. The lowest BCUT2D eigenvalue weighted by atomic mass is 10.1. The number of thiophene rings is 1. The van der Waals surface area contributed by atoms with Gasteiger partial charge in [-0.3, -0.25) is 0 Å². The Labute approximate surface area is 144 Å². The van der Waals surface area contributed by atoms with E-state index in [9.17, 15) is 5.11 Å². The summed E-state index contributed by atoms with van der Waals surface area (Å²) in [6, 6.07) is 1.23. The topological polar surface area (TPSA) is 66.5 Å². The maximum Gasteiger partial charge on any atom is 0.105 e. The second kappa shape index (κ2) is 12.5. The molecule has 1 aromatic rings. The highest BCUT2D eigenvalue weighted by molar-refractivity contribution is 7.10. The molecule has 130 valence electrons. The lowest BCUT2D eigenvalue weighted by Gasteiger charge is -2.14. The summed E-state index contributed by atoms with van der Waals surface area (Å²) in [7, 11) is 0. The van der Waals surface area contributed by atoms with E-state index in [1.807, 2.05) is 11.4 Å². The molecule has 0 spiro atoms. The Morgan fingerprint density at radius 3 is 2.43 bits per heavy atom. The Balaban J connectivity index is 2.18. The smallest absolute Gasteiger partial charge is 0.105 e. The number of aliphatic hydroxyl groups excluding tert-OH is 2. The van der Waals surface area contributed by atoms with Crippen LogP contribution < -0.4 is 5.73 Å². The van der Waals surface area contributed by atoms with Crippen molar-refractivity contribution in [3.63, 3.8) is 0 Å². The van der Waals surface area contributed by atoms with Crippen molar-refractivity contribution in [2.45, 2.75) is 76.9 Å². The first-order chi connectivity index (χ1) is 11.2. The van der Waals surface area contributed by atoms with E-state index in [0.29, 0.717) is 0 Å². The number of aliphatic hydroxyl groups is 2. The minimum atomic E-state index is -0.812. The van der Waals surface area contributed by atoms with Gasteiger partial charge in [0.2, 0.25) is 0 Å². The molecule has 1 aromatic heterocycles. The highest BCUT2D eigenvalue weighted by Crippen LogP contribution is 2.23. The Morgan fingerprint density at radius 2 is 1.78 bits per heavy atom. The van der Waals surface area contributed by atoms with Gasteiger partial charge in [-0.1, -0.05) is 63.7 Å². The molecule has 1 heterocycles. The maximum atomic E-state index is 9.93. The molecule has 0 saturated heterocycles. The molecule has 0 bridgehead atoms. The number of hydrogen-bond donors (Lipinski definition) is 3. The van der Waals surface area contributed by atoms with Gasteiger partial charge in [0.15, 0.2) is 0 Å². The van der Waals surface area contributed by atoms with Crippen molar-refractivity contribution in [1.29, 1.82) is 0 Å². The number of rotatable bonds is 11. The second-order valence-corrected chi connectivity index (χ2v) is 7.00. The summed E-state index contributed by atoms with van der Waals surface area (Å²) < 4.78 is 0. The van der Waals surface area contributed by atoms with Crippen LogP contribution in [0.3, 0.4) is 0 Å². The molecule has 3 nitrogen and oxygen atoms in total. The van der Waals surface area contributed by atoms with Gasteiger partial charge in [-0.15, -0.1) is 11.3 Å². The van der Waals surface area contributed by atoms with E-state index < -0.39 is 12.1 Å². The third-order valence-corrected chi connectivity index (χ3v) is 4.92. The van der Waals surface area contributed by atoms with E-state index >= 15 is 0 Å². The number of unbranched alkanes of at least 4 members (excludes halogenated alkanes) is 8. The van der Waals surface area contributed by atoms with Crippen molar-refractivity contribution in [2.75, 3.05) is 6.61 Å². The fraction of sp³-hybridized carbons (Fsp3) is 0.684. The van der Waals surface area contributed by atoms with Gasteiger partial charge >= 0.3 is 0 Å². The Hall–Kier alpha value is -0.860. The zero-order chi connectivity index (χ0) is 16.9. The van der Waals surface area contributed by atoms with Crippen LogP contribution in [0.15, 0.2) is 11.4 Å². The third-order valence-electron chi connectivity index (χ3n) is 3.92. The standard InChI is InChI=1S/C19H31NO2S/c1-2-3-4-5-6-7-8-9-10-11-12-16-13-18(23-15-16)19(22)17(20)14-21/h13,15,17,19,21-22H,2-10,14,20H2,1H3/t17-,19?/m0/s1. The first kappa shape index (κ1) is 20.2. The van der Waals surface area contributed by atoms with E-state index in [2.05, 4.69) is 18.8 Å². The maximum absolute atomic E-state index is 9.93. The molecule has 0 aromatic carbocycles. The predicted molar refractivity (Wildman–Crippen MR) is 98.4 cm³/mol. The third kappa shape index (κ3) is 8.53. The van der Waals surface area contributed by atoms with Crippen LogP contribution in [-0.4, -0.2) is 22.9 Å². The lowest BCUT2D eigenvalue weighted by molar-refractivity contribution is 0.112. The monoisotopic (exact) mass is 337 g/mol. The summed E-state index contributed by atoms with van der Waals surface area (Å²) in [5, 5.41) is 20.8. The van der Waals surface area contributed by atoms with Crippen molar-refractivity contribution in [2.24, 2.45) is 5.73 Å². The van der Waals surface area contributed by atoms with Crippen LogP contribution in [0.2, 0.25) is 0 Å². The van der Waals surface area contributed by atoms with Gasteiger partial charge in [-0.2, -0.15) is 0 Å². The highest BCUT2D eigenvalue weighted by atomic mass is 32.1. The largest absolute Gasteiger partial charge is 0.395 e. The second-order valence-electron chi connectivity index (χ2n) is 6.06. The van der Waals surface area contributed by atoms with Gasteiger partial charge in [0, 0.05) is 22.2 Å². The van der Waals surface area contributed by atoms with Gasteiger partial charge in [0.1, 0.15) is 6.10 Å². The number of nitrogens with two attached hydrogens (primary N) is 1. The van der Waals surface area contributed by atoms with Crippen LogP contribution in [0.1, 0.15) is 81.3 Å². The minimum Gasteiger partial charge on any atom is -0.395 e. The molecule has 0 radical (unpaired) electrons. The highest BCUT2D eigenvalue weighted by Gasteiger charge is 2.17. The molecule has 1 rings (SSSR count). The molecule has 0 saturated carbocycles. The Kier molecular flexibility index (Phi) is 11.0. The molecule has 23 heavy (non-hydrogen) atoms. The molecule has 1 unspecified atom stereocenters. The number of hydrogen-bond acceptors (Lipinski definition) is 4. The fourth-order valence-electron chi connectivity index (χ4n) is 2.40. The Bertz CT molecular complexity index is 475. The van der Waals surface area contributed by atoms with Crippen molar-refractivity contribution in [1.82, 2.24) is 0 Å². The van der Waals surface area contributed by atoms with Crippen LogP contribution in [0.25, 0.3) is 0 Å². The summed E-state index contributed by atoms with van der Waals surface area (Å²) >= 11 is 1.44. The van der Waals surface area contributed by atoms with E-state index in [4.69, 9.17) is 10.8 Å². The van der Waals surface area contributed by atoms with Crippen LogP contribution in [0, 0.1) is 11.8 Å². The molecular weight excluding hydrogens is 306 g/mol. The van der Waals surface area contributed by atoms with Gasteiger partial charge in [-0.05, 0) is 12.5 Å². The van der Waals surface area contributed by atoms with Crippen molar-refractivity contribution < 1.29 is 10.2 Å². The van der Waals surface area contributed by atoms with Gasteiger partial charge in [0.25, 0.3) is 0 Å². The predicted octanol–water partition coefficient (Wildman–Crippen LogP) is 3.98. The molecule has 0 fully saturated rings. The van der Waals surface area contributed by atoms with Crippen molar-refractivity contribution in [3.8, 4) is 11.8 Å². The Morgan fingerprint density at radius 1 is 1.13 bits per heavy atom. The zero-order valence-electron chi connectivity index (χ0n) is 14.3. The van der Waals surface area contributed by atoms with Gasteiger partial charge in [-0.25, -0.2) is 0 Å². The average molecular weight is 338 g/mol. The normalized spacial score (nSPS) is 13.4. The first-order valence-corrected chi connectivity index (χ1v) is 9.68. The fourth-order valence-corrected chi connectivity index (χ4v) is 3.30. The van der Waals surface area contributed by atoms with Crippen LogP contribution in [0.4, 0.5) is 0 Å². The molecule has 0 aliphatic rings. The molecule has 4 heteroatoms. The first-order valence-electron chi connectivity index (χ1n) is 8.80. The van der Waals surface area contributed by atoms with Crippen LogP contribution in [0.5, 0.6) is 0 Å². The zero-order valence-corrected chi connectivity index (χ0v) is 15.1. The molecule has 4 N–H and O–H groups in total. The minimum absolute atomic E-state index is 0.224. The van der Waals surface area contributed by atoms with Crippen LogP contribution in [-0.2, 0) is 0 Å². The summed E-state index contributed by atoms with van der Waals surface area (Å²) in [4.78, 5) is 0.767. The van der Waals surface area contributed by atoms with Crippen LogP contribution >= 0.6 is 11.3 Å². The molecule has 0 amide bonds. The summed E-state index contributed by atoms with van der Waals surface area (Å²) in [5.41, 5.74) is 6.56. The quantitative estimate of drug-likeness (QED) is 0.422. The van der Waals surface area contributed by atoms with E-state index in [-0.39, 0.29) is 6.61 Å². The summed E-state index contributed by atoms with van der Waals surface area (Å²) in [5.74, 6) is 6.34.